The van der Waals surface area contributed by atoms with Gasteiger partial charge in [0.15, 0.2) is 6.10 Å². The zero-order valence-electron chi connectivity index (χ0n) is 14.5. The van der Waals surface area contributed by atoms with E-state index in [2.05, 4.69) is 42.0 Å². The maximum absolute atomic E-state index is 12.6. The first kappa shape index (κ1) is 21.2. The molecule has 0 N–H and O–H groups in total. The maximum atomic E-state index is 12.6. The molecule has 28 heavy (non-hydrogen) atoms. The minimum atomic E-state index is -1.18. The molecule has 0 radical (unpaired) electrons. The lowest BCUT2D eigenvalue weighted by Gasteiger charge is -2.13. The molecular formula is C19H15Br2ClF2N2O2. The third kappa shape index (κ3) is 4.72. The number of alkyl halides is 4. The standard InChI is InChI=1S/C19H15Br2ClF2N2O2/c20-7-13-2-1-11(5-14(13)8-21)18-25-19(28-26-18)12-3-4-17(16(22)6-12)27-15(9-23)10-24/h1-6,15H,7-10H2. The molecule has 148 valence electrons. The molecule has 0 bridgehead atoms. The second kappa shape index (κ2) is 9.80. The van der Waals surface area contributed by atoms with E-state index >= 15 is 0 Å². The fourth-order valence-corrected chi connectivity index (χ4v) is 3.79. The Hall–Kier alpha value is -1.51. The molecule has 2 aromatic carbocycles. The van der Waals surface area contributed by atoms with E-state index in [4.69, 9.17) is 20.9 Å². The van der Waals surface area contributed by atoms with E-state index in [0.29, 0.717) is 16.7 Å². The van der Waals surface area contributed by atoms with Crippen molar-refractivity contribution in [3.8, 4) is 28.6 Å². The summed E-state index contributed by atoms with van der Waals surface area (Å²) in [6, 6.07) is 10.6. The Morgan fingerprint density at radius 3 is 2.36 bits per heavy atom. The van der Waals surface area contributed by atoms with Crippen molar-refractivity contribution >= 4 is 43.5 Å². The predicted molar refractivity (Wildman–Crippen MR) is 112 cm³/mol. The molecule has 0 atom stereocenters. The van der Waals surface area contributed by atoms with Crippen LogP contribution >= 0.6 is 43.5 Å². The van der Waals surface area contributed by atoms with E-state index in [-0.39, 0.29) is 16.7 Å². The molecule has 0 saturated carbocycles. The molecule has 0 unspecified atom stereocenters. The summed E-state index contributed by atoms with van der Waals surface area (Å²) in [5, 5.41) is 5.70. The van der Waals surface area contributed by atoms with Crippen LogP contribution in [0, 0.1) is 0 Å². The summed E-state index contributed by atoms with van der Waals surface area (Å²) in [7, 11) is 0. The number of ether oxygens (including phenoxy) is 1. The van der Waals surface area contributed by atoms with Gasteiger partial charge < -0.3 is 9.26 Å². The zero-order chi connectivity index (χ0) is 20.1. The van der Waals surface area contributed by atoms with Crippen LogP contribution in [0.5, 0.6) is 5.75 Å². The third-order valence-electron chi connectivity index (χ3n) is 4.00. The first-order chi connectivity index (χ1) is 13.6. The van der Waals surface area contributed by atoms with Crippen molar-refractivity contribution in [2.24, 2.45) is 0 Å². The van der Waals surface area contributed by atoms with Crippen molar-refractivity contribution in [1.82, 2.24) is 10.1 Å². The molecule has 0 aliphatic heterocycles. The molecule has 0 amide bonds. The first-order valence-corrected chi connectivity index (χ1v) is 10.9. The normalized spacial score (nSPS) is 11.2. The van der Waals surface area contributed by atoms with Crippen LogP contribution in [0.3, 0.4) is 0 Å². The van der Waals surface area contributed by atoms with Gasteiger partial charge in [-0.3, -0.25) is 0 Å². The van der Waals surface area contributed by atoms with Crippen LogP contribution in [0.15, 0.2) is 40.9 Å². The van der Waals surface area contributed by atoms with Gasteiger partial charge in [-0.2, -0.15) is 4.98 Å². The first-order valence-electron chi connectivity index (χ1n) is 8.26. The Bertz CT molecular complexity index is 951. The molecule has 1 aromatic heterocycles. The topological polar surface area (TPSA) is 48.2 Å². The Morgan fingerprint density at radius 2 is 1.71 bits per heavy atom. The second-order valence-electron chi connectivity index (χ2n) is 5.87. The number of nitrogens with zero attached hydrogens (tertiary/aromatic N) is 2. The Morgan fingerprint density at radius 1 is 1.00 bits per heavy atom. The van der Waals surface area contributed by atoms with Gasteiger partial charge in [-0.1, -0.05) is 60.8 Å². The number of halogens is 5. The highest BCUT2D eigenvalue weighted by atomic mass is 79.9. The number of hydrogen-bond acceptors (Lipinski definition) is 4. The van der Waals surface area contributed by atoms with Crippen LogP contribution < -0.4 is 4.74 Å². The largest absolute Gasteiger partial charge is 0.483 e. The Kier molecular flexibility index (Phi) is 7.42. The van der Waals surface area contributed by atoms with Gasteiger partial charge in [0.25, 0.3) is 5.89 Å². The fraction of sp³-hybridized carbons (Fsp3) is 0.263. The van der Waals surface area contributed by atoms with Crippen molar-refractivity contribution in [2.75, 3.05) is 13.3 Å². The van der Waals surface area contributed by atoms with E-state index in [0.717, 1.165) is 16.5 Å². The molecule has 4 nitrogen and oxygen atoms in total. The lowest BCUT2D eigenvalue weighted by Crippen LogP contribution is -2.21. The van der Waals surface area contributed by atoms with E-state index in [1.165, 1.54) is 11.6 Å². The molecule has 9 heteroatoms. The summed E-state index contributed by atoms with van der Waals surface area (Å²) in [6.45, 7) is -1.88. The van der Waals surface area contributed by atoms with Gasteiger partial charge in [-0.15, -0.1) is 0 Å². The highest BCUT2D eigenvalue weighted by Gasteiger charge is 2.16. The van der Waals surface area contributed by atoms with Crippen LogP contribution in [0.2, 0.25) is 5.02 Å². The summed E-state index contributed by atoms with van der Waals surface area (Å²) >= 11 is 13.1. The van der Waals surface area contributed by atoms with Crippen molar-refractivity contribution in [3.63, 3.8) is 0 Å². The molecule has 0 spiro atoms. The quantitative estimate of drug-likeness (QED) is 0.307. The summed E-state index contributed by atoms with van der Waals surface area (Å²) in [4.78, 5) is 4.42. The maximum Gasteiger partial charge on any atom is 0.258 e. The van der Waals surface area contributed by atoms with E-state index < -0.39 is 19.5 Å². The van der Waals surface area contributed by atoms with Gasteiger partial charge in [0.2, 0.25) is 5.82 Å². The van der Waals surface area contributed by atoms with Crippen molar-refractivity contribution in [3.05, 3.63) is 52.5 Å². The van der Waals surface area contributed by atoms with Gasteiger partial charge in [0.05, 0.1) is 5.02 Å². The lowest BCUT2D eigenvalue weighted by molar-refractivity contribution is 0.134. The Balaban J connectivity index is 1.85. The van der Waals surface area contributed by atoms with Gasteiger partial charge >= 0.3 is 0 Å². The predicted octanol–water partition coefficient (Wildman–Crippen LogP) is 6.53. The van der Waals surface area contributed by atoms with Crippen molar-refractivity contribution in [2.45, 2.75) is 16.8 Å². The smallest absolute Gasteiger partial charge is 0.258 e. The van der Waals surface area contributed by atoms with Gasteiger partial charge in [-0.05, 0) is 35.4 Å². The summed E-state index contributed by atoms with van der Waals surface area (Å²) in [5.41, 5.74) is 3.70. The Labute approximate surface area is 182 Å². The van der Waals surface area contributed by atoms with E-state index in [1.54, 1.807) is 12.1 Å². The molecule has 3 aromatic rings. The van der Waals surface area contributed by atoms with E-state index in [1.807, 2.05) is 18.2 Å². The van der Waals surface area contributed by atoms with Crippen LogP contribution in [0.1, 0.15) is 11.1 Å². The molecular weight excluding hydrogens is 521 g/mol. The van der Waals surface area contributed by atoms with Gasteiger partial charge in [-0.25, -0.2) is 8.78 Å². The fourth-order valence-electron chi connectivity index (χ4n) is 2.49. The molecule has 0 saturated heterocycles. The summed E-state index contributed by atoms with van der Waals surface area (Å²) < 4.78 is 35.8. The van der Waals surface area contributed by atoms with E-state index in [9.17, 15) is 8.78 Å². The van der Waals surface area contributed by atoms with Crippen LogP contribution in [0.25, 0.3) is 22.8 Å². The number of benzene rings is 2. The van der Waals surface area contributed by atoms with Crippen LogP contribution in [0.4, 0.5) is 8.78 Å². The minimum absolute atomic E-state index is 0.192. The van der Waals surface area contributed by atoms with Crippen LogP contribution in [-0.4, -0.2) is 29.6 Å². The van der Waals surface area contributed by atoms with Crippen LogP contribution in [-0.2, 0) is 10.7 Å². The monoisotopic (exact) mass is 534 g/mol. The van der Waals surface area contributed by atoms with Gasteiger partial charge in [0, 0.05) is 21.8 Å². The number of hydrogen-bond donors (Lipinski definition) is 0. The molecule has 0 aliphatic carbocycles. The second-order valence-corrected chi connectivity index (χ2v) is 7.40. The van der Waals surface area contributed by atoms with Crippen molar-refractivity contribution < 1.29 is 18.0 Å². The number of aromatic nitrogens is 2. The molecule has 3 rings (SSSR count). The average Bonchev–Trinajstić information content (AvgIpc) is 3.22. The third-order valence-corrected chi connectivity index (χ3v) is 5.50. The highest BCUT2D eigenvalue weighted by Crippen LogP contribution is 2.32. The minimum Gasteiger partial charge on any atom is -0.483 e. The molecule has 0 fully saturated rings. The zero-order valence-corrected chi connectivity index (χ0v) is 18.4. The SMILES string of the molecule is FCC(CF)Oc1ccc(-c2nc(-c3ccc(CBr)c(CBr)c3)no2)cc1Cl. The van der Waals surface area contributed by atoms with Crippen molar-refractivity contribution in [1.29, 1.82) is 0 Å². The molecule has 0 aliphatic rings. The highest BCUT2D eigenvalue weighted by molar-refractivity contribution is 9.09. The average molecular weight is 537 g/mol. The summed E-state index contributed by atoms with van der Waals surface area (Å²) in [5.74, 6) is 0.920. The molecule has 1 heterocycles. The number of rotatable bonds is 8. The lowest BCUT2D eigenvalue weighted by atomic mass is 10.1. The summed E-state index contributed by atoms with van der Waals surface area (Å²) in [6.07, 6.45) is -1.18. The van der Waals surface area contributed by atoms with Gasteiger partial charge in [0.1, 0.15) is 19.1 Å².